The van der Waals surface area contributed by atoms with Crippen molar-refractivity contribution in [2.75, 3.05) is 7.11 Å². The molecule has 1 rings (SSSR count). The normalized spacial score (nSPS) is 10.4. The quantitative estimate of drug-likeness (QED) is 0.575. The molecule has 0 atom stereocenters. The second-order valence-electron chi connectivity index (χ2n) is 2.76. The number of carbonyl (C=O) groups excluding carboxylic acids is 1. The largest absolute Gasteiger partial charge is 0.504 e. The number of halogens is 1. The first-order chi connectivity index (χ1) is 7.56. The number of hydrogen-bond donors (Lipinski definition) is 3. The number of primary amides is 1. The number of carbonyl (C=O) groups is 1. The van der Waals surface area contributed by atoms with Crippen molar-refractivity contribution in [1.82, 2.24) is 5.43 Å². The lowest BCUT2D eigenvalue weighted by Gasteiger charge is -2.07. The van der Waals surface area contributed by atoms with Gasteiger partial charge in [-0.1, -0.05) is 0 Å². The summed E-state index contributed by atoms with van der Waals surface area (Å²) >= 11 is 3.24. The summed E-state index contributed by atoms with van der Waals surface area (Å²) in [6.07, 6.45) is 1.37. The highest BCUT2D eigenvalue weighted by Crippen LogP contribution is 2.35. The zero-order valence-corrected chi connectivity index (χ0v) is 9.98. The molecule has 0 aliphatic rings. The van der Waals surface area contributed by atoms with Crippen LogP contribution < -0.4 is 15.9 Å². The molecule has 0 unspecified atom stereocenters. The maximum atomic E-state index is 10.4. The van der Waals surface area contributed by atoms with E-state index in [4.69, 9.17) is 10.5 Å². The Bertz CT molecular complexity index is 434. The van der Waals surface area contributed by atoms with Gasteiger partial charge in [0, 0.05) is 5.56 Å². The first-order valence-electron chi connectivity index (χ1n) is 4.20. The maximum absolute atomic E-state index is 10.4. The first-order valence-corrected chi connectivity index (χ1v) is 4.99. The molecule has 1 aromatic carbocycles. The summed E-state index contributed by atoms with van der Waals surface area (Å²) in [6, 6.07) is 2.31. The summed E-state index contributed by atoms with van der Waals surface area (Å²) in [5.41, 5.74) is 7.52. The fourth-order valence-electron chi connectivity index (χ4n) is 1.02. The van der Waals surface area contributed by atoms with E-state index in [0.717, 1.165) is 0 Å². The maximum Gasteiger partial charge on any atom is 0.332 e. The number of nitrogens with one attached hydrogen (secondary N) is 1. The van der Waals surface area contributed by atoms with Crippen LogP contribution >= 0.6 is 15.9 Å². The van der Waals surface area contributed by atoms with E-state index in [0.29, 0.717) is 15.8 Å². The molecule has 1 aromatic rings. The molecule has 0 saturated heterocycles. The minimum absolute atomic E-state index is 0.00869. The zero-order valence-electron chi connectivity index (χ0n) is 8.40. The third kappa shape index (κ3) is 2.86. The third-order valence-electron chi connectivity index (χ3n) is 1.69. The predicted molar refractivity (Wildman–Crippen MR) is 62.7 cm³/mol. The number of methoxy groups -OCH3 is 1. The summed E-state index contributed by atoms with van der Waals surface area (Å²) < 4.78 is 5.51. The molecule has 6 nitrogen and oxygen atoms in total. The Morgan fingerprint density at radius 1 is 1.69 bits per heavy atom. The van der Waals surface area contributed by atoms with Gasteiger partial charge in [0.25, 0.3) is 0 Å². The molecule has 2 amide bonds. The number of ether oxygens (including phenoxy) is 1. The highest BCUT2D eigenvalue weighted by atomic mass is 79.9. The Hall–Kier alpha value is -1.76. The van der Waals surface area contributed by atoms with Gasteiger partial charge in [-0.25, -0.2) is 10.2 Å². The van der Waals surface area contributed by atoms with Crippen molar-refractivity contribution in [2.24, 2.45) is 10.8 Å². The molecule has 16 heavy (non-hydrogen) atoms. The van der Waals surface area contributed by atoms with Gasteiger partial charge in [0.2, 0.25) is 0 Å². The number of hydrazone groups is 1. The van der Waals surface area contributed by atoms with Crippen LogP contribution in [-0.2, 0) is 0 Å². The van der Waals surface area contributed by atoms with Crippen LogP contribution in [0.3, 0.4) is 0 Å². The van der Waals surface area contributed by atoms with E-state index < -0.39 is 6.03 Å². The fraction of sp³-hybridized carbons (Fsp3) is 0.111. The van der Waals surface area contributed by atoms with Gasteiger partial charge in [-0.2, -0.15) is 5.10 Å². The van der Waals surface area contributed by atoms with Crippen molar-refractivity contribution in [2.45, 2.75) is 0 Å². The lowest BCUT2D eigenvalue weighted by atomic mass is 10.2. The van der Waals surface area contributed by atoms with Crippen LogP contribution in [0.25, 0.3) is 0 Å². The molecule has 4 N–H and O–H groups in total. The summed E-state index contributed by atoms with van der Waals surface area (Å²) in [7, 11) is 1.43. The second kappa shape index (κ2) is 5.36. The number of hydrogen-bond acceptors (Lipinski definition) is 4. The van der Waals surface area contributed by atoms with E-state index in [-0.39, 0.29) is 5.75 Å². The number of urea groups is 1. The Morgan fingerprint density at radius 2 is 2.38 bits per heavy atom. The third-order valence-corrected chi connectivity index (χ3v) is 2.51. The molecule has 0 saturated carbocycles. The van der Waals surface area contributed by atoms with Gasteiger partial charge in [0.05, 0.1) is 17.8 Å². The van der Waals surface area contributed by atoms with E-state index >= 15 is 0 Å². The van der Waals surface area contributed by atoms with Crippen molar-refractivity contribution < 1.29 is 14.6 Å². The molecule has 0 radical (unpaired) electrons. The monoisotopic (exact) mass is 287 g/mol. The topological polar surface area (TPSA) is 96.9 Å². The minimum Gasteiger partial charge on any atom is -0.504 e. The van der Waals surface area contributed by atoms with Crippen LogP contribution in [0.1, 0.15) is 5.56 Å². The van der Waals surface area contributed by atoms with Gasteiger partial charge in [-0.15, -0.1) is 0 Å². The summed E-state index contributed by atoms with van der Waals surface area (Å²) in [5, 5.41) is 13.0. The number of phenolic OH excluding ortho intramolecular Hbond substituents is 1. The molecule has 0 fully saturated rings. The lowest BCUT2D eigenvalue weighted by Crippen LogP contribution is -2.24. The van der Waals surface area contributed by atoms with Crippen LogP contribution in [0.5, 0.6) is 11.5 Å². The molecule has 0 aliphatic heterocycles. The Balaban J connectivity index is 2.98. The number of nitrogens with zero attached hydrogens (tertiary/aromatic N) is 1. The van der Waals surface area contributed by atoms with Crippen LogP contribution in [0.15, 0.2) is 21.7 Å². The van der Waals surface area contributed by atoms with Crippen LogP contribution in [-0.4, -0.2) is 24.5 Å². The van der Waals surface area contributed by atoms with Gasteiger partial charge in [-0.3, -0.25) is 0 Å². The minimum atomic E-state index is -0.752. The second-order valence-corrected chi connectivity index (χ2v) is 3.55. The van der Waals surface area contributed by atoms with E-state index in [1.54, 1.807) is 6.07 Å². The van der Waals surface area contributed by atoms with Crippen LogP contribution in [0.4, 0.5) is 4.79 Å². The van der Waals surface area contributed by atoms with Crippen molar-refractivity contribution >= 4 is 28.2 Å². The van der Waals surface area contributed by atoms with Crippen molar-refractivity contribution in [3.63, 3.8) is 0 Å². The van der Waals surface area contributed by atoms with Crippen molar-refractivity contribution in [1.29, 1.82) is 0 Å². The highest BCUT2D eigenvalue weighted by molar-refractivity contribution is 9.10. The number of phenols is 1. The molecule has 0 heterocycles. The summed E-state index contributed by atoms with van der Waals surface area (Å²) in [6.45, 7) is 0. The number of aromatic hydroxyl groups is 1. The molecular weight excluding hydrogens is 278 g/mol. The average Bonchev–Trinajstić information content (AvgIpc) is 2.22. The first kappa shape index (κ1) is 12.3. The molecular formula is C9H10BrN3O3. The van der Waals surface area contributed by atoms with Gasteiger partial charge < -0.3 is 15.6 Å². The standard InChI is InChI=1S/C9H10BrN3O3/c1-16-8-6(14)3-2-5(7(8)10)4-12-13-9(11)15/h2-4,14H,1H3,(H3,11,13,15). The van der Waals surface area contributed by atoms with Gasteiger partial charge in [-0.05, 0) is 28.1 Å². The molecule has 7 heteroatoms. The van der Waals surface area contributed by atoms with E-state index in [9.17, 15) is 9.90 Å². The van der Waals surface area contributed by atoms with Gasteiger partial charge in [0.15, 0.2) is 11.5 Å². The van der Waals surface area contributed by atoms with E-state index in [2.05, 4.69) is 26.5 Å². The SMILES string of the molecule is COc1c(O)ccc(C=NNC(N)=O)c1Br. The fourth-order valence-corrected chi connectivity index (χ4v) is 1.62. The zero-order chi connectivity index (χ0) is 12.1. The lowest BCUT2D eigenvalue weighted by molar-refractivity contribution is 0.249. The van der Waals surface area contributed by atoms with Gasteiger partial charge in [0.1, 0.15) is 0 Å². The Labute approximate surface area is 100 Å². The van der Waals surface area contributed by atoms with Gasteiger partial charge >= 0.3 is 6.03 Å². The van der Waals surface area contributed by atoms with Crippen molar-refractivity contribution in [3.8, 4) is 11.5 Å². The molecule has 0 bridgehead atoms. The highest BCUT2D eigenvalue weighted by Gasteiger charge is 2.09. The summed E-state index contributed by atoms with van der Waals surface area (Å²) in [4.78, 5) is 10.4. The van der Waals surface area contributed by atoms with Crippen LogP contribution in [0.2, 0.25) is 0 Å². The number of benzene rings is 1. The number of nitrogens with two attached hydrogens (primary N) is 1. The summed E-state index contributed by atoms with van der Waals surface area (Å²) in [5.74, 6) is 0.303. The van der Waals surface area contributed by atoms with Crippen molar-refractivity contribution in [3.05, 3.63) is 22.2 Å². The Kier molecular flexibility index (Phi) is 4.12. The number of amides is 2. The predicted octanol–water partition coefficient (Wildman–Crippen LogP) is 1.17. The van der Waals surface area contributed by atoms with E-state index in [1.807, 2.05) is 0 Å². The molecule has 0 aliphatic carbocycles. The molecule has 0 spiro atoms. The van der Waals surface area contributed by atoms with Crippen LogP contribution in [0, 0.1) is 0 Å². The average molecular weight is 288 g/mol. The smallest absolute Gasteiger partial charge is 0.332 e. The molecule has 0 aromatic heterocycles. The van der Waals surface area contributed by atoms with E-state index in [1.165, 1.54) is 19.4 Å². The number of rotatable bonds is 3. The molecule has 86 valence electrons. The Morgan fingerprint density at radius 3 is 2.94 bits per heavy atom.